The monoisotopic (exact) mass is 211 g/mol. The minimum atomic E-state index is -1.11. The molecule has 0 radical (unpaired) electrons. The molecule has 1 aromatic carbocycles. The number of nitrogens with zero attached hydrogens (tertiary/aromatic N) is 1. The molecule has 0 unspecified atom stereocenters. The summed E-state index contributed by atoms with van der Waals surface area (Å²) in [5.41, 5.74) is 5.95. The third-order valence-electron chi connectivity index (χ3n) is 1.90. The summed E-state index contributed by atoms with van der Waals surface area (Å²) in [4.78, 5) is 20.7. The lowest BCUT2D eigenvalue weighted by Crippen LogP contribution is -2.32. The van der Waals surface area contributed by atoms with Crippen LogP contribution in [-0.4, -0.2) is 27.2 Å². The molecule has 0 aliphatic carbocycles. The Morgan fingerprint density at radius 2 is 2.20 bits per heavy atom. The van der Waals surface area contributed by atoms with Crippen LogP contribution in [0.2, 0.25) is 0 Å². The Hall–Kier alpha value is -1.95. The maximum atomic E-state index is 10.5. The van der Waals surface area contributed by atoms with Gasteiger partial charge in [-0.2, -0.15) is 0 Å². The van der Waals surface area contributed by atoms with E-state index < -0.39 is 12.0 Å². The highest BCUT2D eigenvalue weighted by Gasteiger charge is 2.15. The minimum absolute atomic E-state index is 0.0464. The number of nitrogens with two attached hydrogens (primary N) is 1. The summed E-state index contributed by atoms with van der Waals surface area (Å²) in [5.74, 6) is -1.11. The third-order valence-corrected chi connectivity index (χ3v) is 1.90. The van der Waals surface area contributed by atoms with Gasteiger partial charge in [-0.3, -0.25) is 4.79 Å². The van der Waals surface area contributed by atoms with Gasteiger partial charge in [-0.15, -0.1) is 0 Å². The highest BCUT2D eigenvalue weighted by Crippen LogP contribution is 2.13. The Kier molecular flexibility index (Phi) is 3.35. The molecule has 6 nitrogen and oxygen atoms in total. The van der Waals surface area contributed by atoms with E-state index in [9.17, 15) is 9.70 Å². The van der Waals surface area contributed by atoms with Crippen LogP contribution in [0.25, 0.3) is 0 Å². The van der Waals surface area contributed by atoms with Gasteiger partial charge in [0.1, 0.15) is 6.04 Å². The normalized spacial score (nSPS) is 12.1. The molecule has 15 heavy (non-hydrogen) atoms. The first-order chi connectivity index (χ1) is 7.00. The number of benzene rings is 1. The van der Waals surface area contributed by atoms with Crippen LogP contribution in [0.1, 0.15) is 5.56 Å². The maximum absolute atomic E-state index is 10.5. The second-order valence-electron chi connectivity index (χ2n) is 3.09. The predicted molar refractivity (Wildman–Crippen MR) is 50.8 cm³/mol. The van der Waals surface area contributed by atoms with Crippen LogP contribution in [0.3, 0.4) is 0 Å². The molecule has 0 aliphatic heterocycles. The molecule has 0 spiro atoms. The van der Waals surface area contributed by atoms with Crippen molar-refractivity contribution in [1.29, 1.82) is 0 Å². The Balaban J connectivity index is 2.82. The summed E-state index contributed by atoms with van der Waals surface area (Å²) >= 11 is 0. The SMILES string of the molecule is N[C@H](Cc1cccc([N+](=O)O)c1)C(=O)O. The topological polar surface area (TPSA) is 104 Å². The highest BCUT2D eigenvalue weighted by atomic mass is 16.6. The van der Waals surface area contributed by atoms with Gasteiger partial charge in [-0.25, -0.2) is 5.21 Å². The lowest BCUT2D eigenvalue weighted by Gasteiger charge is -2.04. The summed E-state index contributed by atoms with van der Waals surface area (Å²) < 4.78 is 0. The number of hydrogen-bond donors (Lipinski definition) is 3. The van der Waals surface area contributed by atoms with Crippen LogP contribution in [0.4, 0.5) is 5.69 Å². The van der Waals surface area contributed by atoms with Crippen molar-refractivity contribution < 1.29 is 20.0 Å². The summed E-state index contributed by atoms with van der Waals surface area (Å²) in [6.45, 7) is 0. The first-order valence-electron chi connectivity index (χ1n) is 4.24. The van der Waals surface area contributed by atoms with Gasteiger partial charge in [-0.05, 0) is 12.0 Å². The lowest BCUT2D eigenvalue weighted by atomic mass is 10.1. The summed E-state index contributed by atoms with van der Waals surface area (Å²) in [6, 6.07) is 4.95. The summed E-state index contributed by atoms with van der Waals surface area (Å²) in [7, 11) is 0. The molecule has 1 rings (SSSR count). The minimum Gasteiger partial charge on any atom is -0.480 e. The first-order valence-corrected chi connectivity index (χ1v) is 4.24. The van der Waals surface area contributed by atoms with Crippen molar-refractivity contribution in [1.82, 2.24) is 0 Å². The van der Waals surface area contributed by atoms with E-state index in [1.54, 1.807) is 12.1 Å². The second-order valence-corrected chi connectivity index (χ2v) is 3.09. The zero-order chi connectivity index (χ0) is 11.4. The summed E-state index contributed by atoms with van der Waals surface area (Å²) in [6.07, 6.45) is 0.108. The number of rotatable bonds is 4. The molecule has 1 aromatic rings. The Labute approximate surface area is 85.5 Å². The van der Waals surface area contributed by atoms with E-state index in [4.69, 9.17) is 16.0 Å². The van der Waals surface area contributed by atoms with Crippen molar-refractivity contribution >= 4 is 11.7 Å². The summed E-state index contributed by atoms with van der Waals surface area (Å²) in [5, 5.41) is 17.2. The van der Waals surface area contributed by atoms with Crippen LogP contribution in [0.5, 0.6) is 0 Å². The van der Waals surface area contributed by atoms with Gasteiger partial charge < -0.3 is 10.8 Å². The van der Waals surface area contributed by atoms with Gasteiger partial charge in [0.2, 0.25) is 0 Å². The zero-order valence-corrected chi connectivity index (χ0v) is 7.83. The number of aliphatic carboxylic acids is 1. The molecule has 0 saturated heterocycles. The fourth-order valence-corrected chi connectivity index (χ4v) is 1.14. The molecule has 1 atom stereocenters. The van der Waals surface area contributed by atoms with Gasteiger partial charge in [0.25, 0.3) is 4.92 Å². The molecule has 6 heteroatoms. The van der Waals surface area contributed by atoms with Crippen molar-refractivity contribution in [3.63, 3.8) is 0 Å². The average Bonchev–Trinajstić information content (AvgIpc) is 2.18. The Morgan fingerprint density at radius 1 is 1.53 bits per heavy atom. The molecule has 0 aliphatic rings. The number of carboxylic acid groups (broad SMARTS) is 1. The van der Waals surface area contributed by atoms with E-state index in [1.807, 2.05) is 0 Å². The lowest BCUT2D eigenvalue weighted by molar-refractivity contribution is -0.729. The van der Waals surface area contributed by atoms with Crippen molar-refractivity contribution in [2.24, 2.45) is 5.73 Å². The van der Waals surface area contributed by atoms with Gasteiger partial charge in [0, 0.05) is 12.1 Å². The van der Waals surface area contributed by atoms with E-state index in [0.29, 0.717) is 5.56 Å². The third kappa shape index (κ3) is 3.03. The van der Waals surface area contributed by atoms with Gasteiger partial charge in [0.15, 0.2) is 0 Å². The molecular weight excluding hydrogens is 200 g/mol. The standard InChI is InChI=1S/C9H10N2O4/c10-8(9(12)13)5-6-2-1-3-7(4-6)11(14)15/h1-4,8H,5,10H2,(H-,12,13,14,15)/p+1/t8-/m1/s1. The molecule has 0 bridgehead atoms. The molecule has 4 N–H and O–H groups in total. The first kappa shape index (κ1) is 11.1. The van der Waals surface area contributed by atoms with Crippen LogP contribution in [0, 0.1) is 4.91 Å². The van der Waals surface area contributed by atoms with E-state index in [2.05, 4.69) is 0 Å². The molecule has 0 fully saturated rings. The van der Waals surface area contributed by atoms with E-state index in [1.165, 1.54) is 12.1 Å². The van der Waals surface area contributed by atoms with Crippen LogP contribution < -0.4 is 5.73 Å². The molecular formula is C9H11N2O4+. The Bertz CT molecular complexity index is 391. The highest BCUT2D eigenvalue weighted by molar-refractivity contribution is 5.73. The van der Waals surface area contributed by atoms with E-state index in [-0.39, 0.29) is 17.0 Å². The van der Waals surface area contributed by atoms with Gasteiger partial charge in [0.05, 0.1) is 4.91 Å². The van der Waals surface area contributed by atoms with Gasteiger partial charge >= 0.3 is 11.7 Å². The van der Waals surface area contributed by atoms with E-state index >= 15 is 0 Å². The molecule has 0 saturated carbocycles. The number of carboxylic acids is 1. The fourth-order valence-electron chi connectivity index (χ4n) is 1.14. The zero-order valence-electron chi connectivity index (χ0n) is 7.83. The smallest absolute Gasteiger partial charge is 0.320 e. The van der Waals surface area contributed by atoms with Gasteiger partial charge in [-0.1, -0.05) is 12.1 Å². The Morgan fingerprint density at radius 3 is 2.73 bits per heavy atom. The van der Waals surface area contributed by atoms with Crippen molar-refractivity contribution in [3.05, 3.63) is 34.7 Å². The van der Waals surface area contributed by atoms with Crippen LogP contribution in [-0.2, 0) is 11.2 Å². The molecule has 0 heterocycles. The van der Waals surface area contributed by atoms with Crippen molar-refractivity contribution in [2.75, 3.05) is 0 Å². The largest absolute Gasteiger partial charge is 0.480 e. The number of carbonyl (C=O) groups is 1. The van der Waals surface area contributed by atoms with Crippen molar-refractivity contribution in [3.8, 4) is 0 Å². The number of hydrogen-bond acceptors (Lipinski definition) is 3. The maximum Gasteiger partial charge on any atom is 0.320 e. The second kappa shape index (κ2) is 4.52. The van der Waals surface area contributed by atoms with Crippen molar-refractivity contribution in [2.45, 2.75) is 12.5 Å². The fraction of sp³-hybridized carbons (Fsp3) is 0.222. The average molecular weight is 211 g/mol. The molecule has 80 valence electrons. The predicted octanol–water partition coefficient (Wildman–Crippen LogP) is 0.441. The van der Waals surface area contributed by atoms with E-state index in [0.717, 1.165) is 0 Å². The van der Waals surface area contributed by atoms with Crippen LogP contribution >= 0.6 is 0 Å². The molecule has 0 amide bonds. The quantitative estimate of drug-likeness (QED) is 0.627. The molecule has 0 aromatic heterocycles. The van der Waals surface area contributed by atoms with Crippen LogP contribution in [0.15, 0.2) is 24.3 Å².